The van der Waals surface area contributed by atoms with E-state index in [2.05, 4.69) is 33.5 Å². The average Bonchev–Trinajstić information content (AvgIpc) is 2.79. The van der Waals surface area contributed by atoms with E-state index in [0.29, 0.717) is 0 Å². The molecule has 0 saturated carbocycles. The smallest absolute Gasteiger partial charge is 0.153 e. The van der Waals surface area contributed by atoms with Crippen molar-refractivity contribution < 1.29 is 4.74 Å². The molecule has 0 amide bonds. The van der Waals surface area contributed by atoms with Crippen LogP contribution in [0.15, 0.2) is 40.9 Å². The lowest BCUT2D eigenvalue weighted by Crippen LogP contribution is -2.07. The van der Waals surface area contributed by atoms with Gasteiger partial charge in [-0.05, 0) is 30.3 Å². The first-order chi connectivity index (χ1) is 9.28. The minimum absolute atomic E-state index is 0.863. The highest BCUT2D eigenvalue weighted by Gasteiger charge is 2.23. The number of hydrogen-bond acceptors (Lipinski definition) is 2. The van der Waals surface area contributed by atoms with Crippen molar-refractivity contribution >= 4 is 27.0 Å². The Hall–Kier alpha value is -1.81. The van der Waals surface area contributed by atoms with Crippen molar-refractivity contribution in [3.8, 4) is 17.2 Å². The number of imidazole rings is 1. The first-order valence-corrected chi connectivity index (χ1v) is 7.05. The van der Waals surface area contributed by atoms with Crippen molar-refractivity contribution in [2.75, 3.05) is 0 Å². The molecule has 0 radical (unpaired) electrons. The number of fused-ring (bicyclic) bond motifs is 2. The van der Waals surface area contributed by atoms with Crippen molar-refractivity contribution in [3.05, 3.63) is 46.7 Å². The maximum absolute atomic E-state index is 6.00. The van der Waals surface area contributed by atoms with Crippen molar-refractivity contribution in [1.82, 2.24) is 9.55 Å². The third-order valence-electron chi connectivity index (χ3n) is 3.41. The standard InChI is InChI=1S/C15H11BrN2O/c1-2-14-17-10-4-3-5-12-15(10)18(14)11-7-6-9(16)8-13(11)19-12/h3-8H,2H2,1H3. The number of ether oxygens (including phenoxy) is 1. The summed E-state index contributed by atoms with van der Waals surface area (Å²) in [6, 6.07) is 12.1. The lowest BCUT2D eigenvalue weighted by atomic mass is 10.2. The molecular formula is C15H11BrN2O. The molecule has 94 valence electrons. The van der Waals surface area contributed by atoms with Gasteiger partial charge in [0.05, 0.1) is 11.2 Å². The molecule has 3 nitrogen and oxygen atoms in total. The third kappa shape index (κ3) is 1.46. The zero-order chi connectivity index (χ0) is 13.0. The van der Waals surface area contributed by atoms with E-state index in [1.165, 1.54) is 0 Å². The Labute approximate surface area is 119 Å². The van der Waals surface area contributed by atoms with E-state index in [1.54, 1.807) is 0 Å². The zero-order valence-corrected chi connectivity index (χ0v) is 11.9. The lowest BCUT2D eigenvalue weighted by Gasteiger charge is -2.20. The van der Waals surface area contributed by atoms with Crippen molar-refractivity contribution in [2.45, 2.75) is 13.3 Å². The second-order valence-electron chi connectivity index (χ2n) is 4.55. The fraction of sp³-hybridized carbons (Fsp3) is 0.133. The van der Waals surface area contributed by atoms with Crippen LogP contribution in [0.25, 0.3) is 16.7 Å². The minimum Gasteiger partial charge on any atom is -0.453 e. The molecular weight excluding hydrogens is 304 g/mol. The second-order valence-corrected chi connectivity index (χ2v) is 5.47. The number of rotatable bonds is 1. The molecule has 3 aromatic rings. The largest absolute Gasteiger partial charge is 0.453 e. The van der Waals surface area contributed by atoms with E-state index in [9.17, 15) is 0 Å². The van der Waals surface area contributed by atoms with E-state index in [-0.39, 0.29) is 0 Å². The van der Waals surface area contributed by atoms with Crippen LogP contribution in [0.2, 0.25) is 0 Å². The summed E-state index contributed by atoms with van der Waals surface area (Å²) in [5.41, 5.74) is 3.11. The van der Waals surface area contributed by atoms with Crippen LogP contribution < -0.4 is 4.74 Å². The van der Waals surface area contributed by atoms with Gasteiger partial charge in [-0.25, -0.2) is 4.98 Å². The monoisotopic (exact) mass is 314 g/mol. The molecule has 2 aromatic carbocycles. The van der Waals surface area contributed by atoms with Crippen LogP contribution >= 0.6 is 15.9 Å². The maximum Gasteiger partial charge on any atom is 0.153 e. The van der Waals surface area contributed by atoms with Gasteiger partial charge < -0.3 is 4.74 Å². The van der Waals surface area contributed by atoms with Gasteiger partial charge in [0.1, 0.15) is 11.3 Å². The molecule has 0 N–H and O–H groups in total. The Bertz CT molecular complexity index is 807. The molecule has 0 fully saturated rings. The van der Waals surface area contributed by atoms with Gasteiger partial charge in [0, 0.05) is 10.9 Å². The highest BCUT2D eigenvalue weighted by Crippen LogP contribution is 2.42. The Morgan fingerprint density at radius 3 is 2.95 bits per heavy atom. The topological polar surface area (TPSA) is 27.1 Å². The first kappa shape index (κ1) is 11.1. The Kier molecular flexibility index (Phi) is 2.23. The van der Waals surface area contributed by atoms with Crippen LogP contribution in [0.3, 0.4) is 0 Å². The Balaban J connectivity index is 2.16. The van der Waals surface area contributed by atoms with Crippen molar-refractivity contribution in [1.29, 1.82) is 0 Å². The van der Waals surface area contributed by atoms with Gasteiger partial charge in [-0.3, -0.25) is 4.57 Å². The summed E-state index contributed by atoms with van der Waals surface area (Å²) >= 11 is 3.49. The Morgan fingerprint density at radius 2 is 2.11 bits per heavy atom. The molecule has 0 saturated heterocycles. The van der Waals surface area contributed by atoms with E-state index in [1.807, 2.05) is 30.3 Å². The molecule has 1 aliphatic heterocycles. The molecule has 2 heterocycles. The highest BCUT2D eigenvalue weighted by molar-refractivity contribution is 9.10. The number of aromatic nitrogens is 2. The first-order valence-electron chi connectivity index (χ1n) is 6.26. The number of hydrogen-bond donors (Lipinski definition) is 0. The summed E-state index contributed by atoms with van der Waals surface area (Å²) in [5.74, 6) is 2.80. The summed E-state index contributed by atoms with van der Waals surface area (Å²) < 4.78 is 9.22. The molecule has 0 spiro atoms. The molecule has 0 aliphatic carbocycles. The number of para-hydroxylation sites is 1. The fourth-order valence-corrected chi connectivity index (χ4v) is 2.94. The number of nitrogens with zero attached hydrogens (tertiary/aromatic N) is 2. The molecule has 0 unspecified atom stereocenters. The minimum atomic E-state index is 0.863. The van der Waals surface area contributed by atoms with Crippen LogP contribution in [0, 0.1) is 0 Å². The quantitative estimate of drug-likeness (QED) is 0.519. The average molecular weight is 315 g/mol. The molecule has 1 aliphatic rings. The van der Waals surface area contributed by atoms with Crippen LogP contribution in [0.1, 0.15) is 12.7 Å². The second kappa shape index (κ2) is 3.84. The summed E-state index contributed by atoms with van der Waals surface area (Å²) in [6.07, 6.45) is 0.892. The SMILES string of the molecule is CCc1nc2cccc3c2n1-c1ccc(Br)cc1O3. The van der Waals surface area contributed by atoms with Crippen molar-refractivity contribution in [3.63, 3.8) is 0 Å². The van der Waals surface area contributed by atoms with Crippen LogP contribution in [-0.4, -0.2) is 9.55 Å². The molecule has 0 atom stereocenters. The summed E-state index contributed by atoms with van der Waals surface area (Å²) in [4.78, 5) is 4.70. The number of aryl methyl sites for hydroxylation is 1. The maximum atomic E-state index is 6.00. The number of benzene rings is 2. The lowest BCUT2D eigenvalue weighted by molar-refractivity contribution is 0.474. The summed E-state index contributed by atoms with van der Waals surface area (Å²) in [7, 11) is 0. The highest BCUT2D eigenvalue weighted by atomic mass is 79.9. The summed E-state index contributed by atoms with van der Waals surface area (Å²) in [5, 5.41) is 0. The van der Waals surface area contributed by atoms with Gasteiger partial charge in [-0.1, -0.05) is 28.9 Å². The van der Waals surface area contributed by atoms with Crippen LogP contribution in [-0.2, 0) is 6.42 Å². The van der Waals surface area contributed by atoms with Crippen LogP contribution in [0.4, 0.5) is 0 Å². The molecule has 1 aromatic heterocycles. The summed E-state index contributed by atoms with van der Waals surface area (Å²) in [6.45, 7) is 2.12. The van der Waals surface area contributed by atoms with Crippen LogP contribution in [0.5, 0.6) is 11.5 Å². The molecule has 0 bridgehead atoms. The van der Waals surface area contributed by atoms with Crippen molar-refractivity contribution in [2.24, 2.45) is 0 Å². The van der Waals surface area contributed by atoms with E-state index >= 15 is 0 Å². The fourth-order valence-electron chi connectivity index (χ4n) is 2.60. The molecule has 4 heteroatoms. The molecule has 4 rings (SSSR count). The van der Waals surface area contributed by atoms with Gasteiger partial charge >= 0.3 is 0 Å². The normalized spacial score (nSPS) is 12.3. The molecule has 19 heavy (non-hydrogen) atoms. The van der Waals surface area contributed by atoms with Gasteiger partial charge in [-0.2, -0.15) is 0 Å². The van der Waals surface area contributed by atoms with Gasteiger partial charge in [0.2, 0.25) is 0 Å². The third-order valence-corrected chi connectivity index (χ3v) is 3.90. The Morgan fingerprint density at radius 1 is 1.21 bits per heavy atom. The van der Waals surface area contributed by atoms with E-state index in [4.69, 9.17) is 9.72 Å². The van der Waals surface area contributed by atoms with Gasteiger partial charge in [0.15, 0.2) is 11.5 Å². The zero-order valence-electron chi connectivity index (χ0n) is 10.4. The predicted octanol–water partition coefficient (Wildman–Crippen LogP) is 4.46. The predicted molar refractivity (Wildman–Crippen MR) is 78.2 cm³/mol. The number of halogens is 1. The van der Waals surface area contributed by atoms with Gasteiger partial charge in [-0.15, -0.1) is 0 Å². The van der Waals surface area contributed by atoms with E-state index < -0.39 is 0 Å². The van der Waals surface area contributed by atoms with E-state index in [0.717, 1.165) is 44.9 Å². The van der Waals surface area contributed by atoms with Gasteiger partial charge in [0.25, 0.3) is 0 Å².